The van der Waals surface area contributed by atoms with Gasteiger partial charge in [0, 0.05) is 18.2 Å². The number of rotatable bonds is 3. The molecule has 3 atom stereocenters. The molecule has 2 aromatic carbocycles. The maximum absolute atomic E-state index is 15.1. The Kier molecular flexibility index (Phi) is 4.54. The molecule has 136 valence electrons. The lowest BCUT2D eigenvalue weighted by Crippen LogP contribution is -2.10. The lowest BCUT2D eigenvalue weighted by molar-refractivity contribution is 0.0907. The summed E-state index contributed by atoms with van der Waals surface area (Å²) in [7, 11) is -3.76. The third kappa shape index (κ3) is 3.08. The zero-order chi connectivity index (χ0) is 19.2. The first-order valence-corrected chi connectivity index (χ1v) is 9.55. The second-order valence-corrected chi connectivity index (χ2v) is 8.21. The Hall–Kier alpha value is -2.37. The minimum Gasteiger partial charge on any atom is -0.385 e. The Morgan fingerprint density at radius 2 is 2.00 bits per heavy atom. The Balaban J connectivity index is 2.19. The van der Waals surface area contributed by atoms with Gasteiger partial charge in [0.05, 0.1) is 16.5 Å². The molecule has 0 spiro atoms. The van der Waals surface area contributed by atoms with Crippen molar-refractivity contribution in [2.75, 3.05) is 6.26 Å². The van der Waals surface area contributed by atoms with Crippen LogP contribution in [0.25, 0.3) is 0 Å². The molecule has 0 saturated carbocycles. The van der Waals surface area contributed by atoms with Crippen molar-refractivity contribution >= 4 is 9.84 Å². The van der Waals surface area contributed by atoms with Crippen LogP contribution in [0.3, 0.4) is 0 Å². The molecule has 0 unspecified atom stereocenters. The smallest absolute Gasteiger partial charge is 0.175 e. The molecular weight excluding hydrogens is 367 g/mol. The highest BCUT2D eigenvalue weighted by molar-refractivity contribution is 7.90. The number of fused-ring (bicyclic) bond motifs is 1. The minimum atomic E-state index is -3.76. The van der Waals surface area contributed by atoms with Crippen molar-refractivity contribution in [2.24, 2.45) is 0 Å². The van der Waals surface area contributed by atoms with Gasteiger partial charge in [-0.2, -0.15) is 5.26 Å². The van der Waals surface area contributed by atoms with Crippen LogP contribution in [-0.2, 0) is 16.3 Å². The maximum Gasteiger partial charge on any atom is 0.175 e. The SMILES string of the molecule is CS(=O)(=O)c1ccc([C@H](F)c2cc(F)cc(C#N)c2)c2c1[C@H](O)[C@@H](F)C2. The fourth-order valence-corrected chi connectivity index (χ4v) is 4.22. The summed E-state index contributed by atoms with van der Waals surface area (Å²) in [6, 6.07) is 7.07. The van der Waals surface area contributed by atoms with Crippen LogP contribution in [0.4, 0.5) is 13.2 Å². The molecule has 0 bridgehead atoms. The lowest BCUT2D eigenvalue weighted by atomic mass is 9.94. The van der Waals surface area contributed by atoms with Gasteiger partial charge in [-0.1, -0.05) is 6.07 Å². The third-order valence-electron chi connectivity index (χ3n) is 4.41. The Morgan fingerprint density at radius 3 is 2.62 bits per heavy atom. The highest BCUT2D eigenvalue weighted by Crippen LogP contribution is 2.43. The first kappa shape index (κ1) is 18.4. The average Bonchev–Trinajstić information content (AvgIpc) is 2.87. The Bertz CT molecular complexity index is 1030. The van der Waals surface area contributed by atoms with Crippen LogP contribution in [0.5, 0.6) is 0 Å². The van der Waals surface area contributed by atoms with Crippen molar-refractivity contribution in [1.29, 1.82) is 5.26 Å². The van der Waals surface area contributed by atoms with Crippen LogP contribution in [0.1, 0.15) is 40.1 Å². The second kappa shape index (κ2) is 6.41. The van der Waals surface area contributed by atoms with Crippen LogP contribution in [-0.4, -0.2) is 26.0 Å². The number of nitrogens with zero attached hydrogens (tertiary/aromatic N) is 1. The molecule has 8 heteroatoms. The number of hydrogen-bond donors (Lipinski definition) is 1. The fraction of sp³-hybridized carbons (Fsp3) is 0.278. The van der Waals surface area contributed by atoms with Crippen LogP contribution in [0, 0.1) is 17.1 Å². The van der Waals surface area contributed by atoms with Gasteiger partial charge in [-0.25, -0.2) is 21.6 Å². The van der Waals surface area contributed by atoms with E-state index in [1.165, 1.54) is 12.1 Å². The monoisotopic (exact) mass is 381 g/mol. The van der Waals surface area contributed by atoms with E-state index in [1.54, 1.807) is 6.07 Å². The topological polar surface area (TPSA) is 78.2 Å². The normalized spacial score (nSPS) is 20.5. The Labute approximate surface area is 148 Å². The van der Waals surface area contributed by atoms with E-state index in [0.29, 0.717) is 0 Å². The summed E-state index contributed by atoms with van der Waals surface area (Å²) in [5.41, 5.74) is -0.371. The van der Waals surface area contributed by atoms with Gasteiger partial charge >= 0.3 is 0 Å². The summed E-state index contributed by atoms with van der Waals surface area (Å²) in [6.45, 7) is 0. The summed E-state index contributed by atoms with van der Waals surface area (Å²) < 4.78 is 66.5. The van der Waals surface area contributed by atoms with E-state index in [9.17, 15) is 22.3 Å². The molecule has 0 aromatic heterocycles. The number of halogens is 3. The van der Waals surface area contributed by atoms with Crippen molar-refractivity contribution in [2.45, 2.75) is 29.8 Å². The van der Waals surface area contributed by atoms with E-state index < -0.39 is 34.1 Å². The predicted molar refractivity (Wildman–Crippen MR) is 87.2 cm³/mol. The number of alkyl halides is 2. The average molecular weight is 381 g/mol. The summed E-state index contributed by atoms with van der Waals surface area (Å²) >= 11 is 0. The van der Waals surface area contributed by atoms with Gasteiger partial charge in [-0.05, 0) is 41.0 Å². The molecule has 0 amide bonds. The number of aliphatic hydroxyl groups is 1. The zero-order valence-electron chi connectivity index (χ0n) is 13.6. The summed E-state index contributed by atoms with van der Waals surface area (Å²) in [5.74, 6) is -0.797. The first-order chi connectivity index (χ1) is 12.1. The zero-order valence-corrected chi connectivity index (χ0v) is 14.4. The van der Waals surface area contributed by atoms with Gasteiger partial charge in [-0.15, -0.1) is 0 Å². The molecule has 1 aliphatic carbocycles. The minimum absolute atomic E-state index is 0.0545. The lowest BCUT2D eigenvalue weighted by Gasteiger charge is -2.17. The number of benzene rings is 2. The van der Waals surface area contributed by atoms with Crippen LogP contribution >= 0.6 is 0 Å². The van der Waals surface area contributed by atoms with E-state index in [1.807, 2.05) is 0 Å². The molecular formula is C18H14F3NO3S. The van der Waals surface area contributed by atoms with Gasteiger partial charge in [-0.3, -0.25) is 0 Å². The van der Waals surface area contributed by atoms with Gasteiger partial charge in [0.2, 0.25) is 0 Å². The molecule has 0 heterocycles. The van der Waals surface area contributed by atoms with Gasteiger partial charge in [0.1, 0.15) is 18.1 Å². The molecule has 1 aliphatic rings. The van der Waals surface area contributed by atoms with Gasteiger partial charge < -0.3 is 5.11 Å². The Morgan fingerprint density at radius 1 is 1.31 bits per heavy atom. The van der Waals surface area contributed by atoms with E-state index in [-0.39, 0.29) is 39.1 Å². The largest absolute Gasteiger partial charge is 0.385 e. The summed E-state index contributed by atoms with van der Waals surface area (Å²) in [6.07, 6.45) is -4.78. The number of aliphatic hydroxyl groups excluding tert-OH is 1. The standard InChI is InChI=1S/C18H14F3NO3S/c1-26(24,25)15-3-2-12(13-7-14(20)18(23)16(13)15)17(21)10-4-9(8-22)5-11(19)6-10/h2-6,14,17-18,23H,7H2,1H3/t14-,17+,18+/m0/s1. The molecule has 3 rings (SSSR count). The van der Waals surface area contributed by atoms with Crippen molar-refractivity contribution in [3.8, 4) is 6.07 Å². The number of hydrogen-bond acceptors (Lipinski definition) is 4. The molecule has 1 N–H and O–H groups in total. The predicted octanol–water partition coefficient (Wildman–Crippen LogP) is 3.09. The van der Waals surface area contributed by atoms with Gasteiger partial charge in [0.25, 0.3) is 0 Å². The number of sulfone groups is 1. The second-order valence-electron chi connectivity index (χ2n) is 6.23. The highest BCUT2D eigenvalue weighted by Gasteiger charge is 2.38. The summed E-state index contributed by atoms with van der Waals surface area (Å²) in [4.78, 5) is -0.256. The van der Waals surface area contributed by atoms with E-state index in [2.05, 4.69) is 0 Å². The quantitative estimate of drug-likeness (QED) is 0.886. The fourth-order valence-electron chi connectivity index (χ4n) is 3.26. The van der Waals surface area contributed by atoms with E-state index in [0.717, 1.165) is 24.5 Å². The molecule has 0 radical (unpaired) electrons. The van der Waals surface area contributed by atoms with Crippen molar-refractivity contribution in [3.63, 3.8) is 0 Å². The molecule has 4 nitrogen and oxygen atoms in total. The van der Waals surface area contributed by atoms with Crippen molar-refractivity contribution in [3.05, 3.63) is 64.0 Å². The van der Waals surface area contributed by atoms with Crippen molar-refractivity contribution in [1.82, 2.24) is 0 Å². The molecule has 0 saturated heterocycles. The van der Waals surface area contributed by atoms with Crippen molar-refractivity contribution < 1.29 is 26.7 Å². The van der Waals surface area contributed by atoms with E-state index >= 15 is 4.39 Å². The van der Waals surface area contributed by atoms with Crippen LogP contribution < -0.4 is 0 Å². The van der Waals surface area contributed by atoms with Crippen LogP contribution in [0.2, 0.25) is 0 Å². The number of nitriles is 1. The highest BCUT2D eigenvalue weighted by atomic mass is 32.2. The molecule has 2 aromatic rings. The molecule has 26 heavy (non-hydrogen) atoms. The summed E-state index contributed by atoms with van der Waals surface area (Å²) in [5, 5.41) is 18.9. The van der Waals surface area contributed by atoms with E-state index in [4.69, 9.17) is 5.26 Å². The maximum atomic E-state index is 15.1. The molecule has 0 fully saturated rings. The third-order valence-corrected chi connectivity index (χ3v) is 5.56. The first-order valence-electron chi connectivity index (χ1n) is 7.66. The molecule has 0 aliphatic heterocycles. The van der Waals surface area contributed by atoms with Gasteiger partial charge in [0.15, 0.2) is 16.0 Å². The van der Waals surface area contributed by atoms with Crippen LogP contribution in [0.15, 0.2) is 35.2 Å².